The third-order valence-electron chi connectivity index (χ3n) is 5.55. The number of carbonyl (C=O) groups excluding carboxylic acids is 2. The first-order chi connectivity index (χ1) is 14.6. The SMILES string of the molecule is CC(=O)c1ccccc1C1=C(O)CC(C(C)CSc2ccc(C(F)(F)F)cc2)CC1=O. The third-order valence-corrected chi connectivity index (χ3v) is 6.84. The van der Waals surface area contributed by atoms with Crippen molar-refractivity contribution in [1.29, 1.82) is 0 Å². The topological polar surface area (TPSA) is 54.4 Å². The van der Waals surface area contributed by atoms with Gasteiger partial charge in [-0.3, -0.25) is 9.59 Å². The molecule has 0 aliphatic heterocycles. The van der Waals surface area contributed by atoms with Gasteiger partial charge in [0.25, 0.3) is 0 Å². The number of hydrogen-bond acceptors (Lipinski definition) is 4. The van der Waals surface area contributed by atoms with E-state index < -0.39 is 11.7 Å². The zero-order valence-corrected chi connectivity index (χ0v) is 18.0. The van der Waals surface area contributed by atoms with Gasteiger partial charge in [0.15, 0.2) is 11.6 Å². The van der Waals surface area contributed by atoms with Crippen molar-refractivity contribution in [3.8, 4) is 0 Å². The molecule has 0 bridgehead atoms. The molecule has 2 unspecified atom stereocenters. The average Bonchev–Trinajstić information content (AvgIpc) is 2.71. The average molecular weight is 449 g/mol. The molecule has 0 heterocycles. The molecule has 0 saturated carbocycles. The lowest BCUT2D eigenvalue weighted by Crippen LogP contribution is -2.25. The van der Waals surface area contributed by atoms with Crippen molar-refractivity contribution in [3.05, 3.63) is 71.0 Å². The van der Waals surface area contributed by atoms with E-state index in [0.29, 0.717) is 23.3 Å². The lowest BCUT2D eigenvalue weighted by atomic mass is 9.78. The third kappa shape index (κ3) is 5.39. The van der Waals surface area contributed by atoms with Gasteiger partial charge >= 0.3 is 6.18 Å². The quantitative estimate of drug-likeness (QED) is 0.400. The summed E-state index contributed by atoms with van der Waals surface area (Å²) in [5.41, 5.74) is 0.394. The predicted molar refractivity (Wildman–Crippen MR) is 115 cm³/mol. The number of hydrogen-bond donors (Lipinski definition) is 1. The Labute approximate surface area is 183 Å². The van der Waals surface area contributed by atoms with Crippen LogP contribution in [0.4, 0.5) is 13.2 Å². The van der Waals surface area contributed by atoms with E-state index in [0.717, 1.165) is 17.0 Å². The number of thioether (sulfide) groups is 1. The van der Waals surface area contributed by atoms with Gasteiger partial charge in [0, 0.05) is 29.1 Å². The van der Waals surface area contributed by atoms with Crippen molar-refractivity contribution in [2.45, 2.75) is 37.8 Å². The van der Waals surface area contributed by atoms with Crippen LogP contribution in [-0.2, 0) is 11.0 Å². The first-order valence-electron chi connectivity index (χ1n) is 9.93. The maximum absolute atomic E-state index is 12.9. The summed E-state index contributed by atoms with van der Waals surface area (Å²) in [6.07, 6.45) is -3.79. The van der Waals surface area contributed by atoms with Crippen LogP contribution >= 0.6 is 11.8 Å². The number of benzene rings is 2. The molecule has 2 aromatic carbocycles. The maximum Gasteiger partial charge on any atom is 0.416 e. The van der Waals surface area contributed by atoms with Crippen LogP contribution in [0.25, 0.3) is 5.57 Å². The smallest absolute Gasteiger partial charge is 0.416 e. The number of aliphatic hydroxyl groups excluding tert-OH is 1. The second kappa shape index (κ2) is 9.30. The molecule has 0 saturated heterocycles. The van der Waals surface area contributed by atoms with Crippen molar-refractivity contribution in [2.75, 3.05) is 5.75 Å². The Morgan fingerprint density at radius 1 is 1.13 bits per heavy atom. The monoisotopic (exact) mass is 448 g/mol. The van der Waals surface area contributed by atoms with Gasteiger partial charge in [-0.2, -0.15) is 13.2 Å². The summed E-state index contributed by atoms with van der Waals surface area (Å²) >= 11 is 1.43. The number of rotatable bonds is 6. The summed E-state index contributed by atoms with van der Waals surface area (Å²) < 4.78 is 38.1. The molecule has 3 nitrogen and oxygen atoms in total. The zero-order valence-electron chi connectivity index (χ0n) is 17.2. The Kier molecular flexibility index (Phi) is 6.94. The molecule has 0 aromatic heterocycles. The molecule has 0 fully saturated rings. The first-order valence-corrected chi connectivity index (χ1v) is 10.9. The summed E-state index contributed by atoms with van der Waals surface area (Å²) in [7, 11) is 0. The van der Waals surface area contributed by atoms with Crippen LogP contribution in [-0.4, -0.2) is 22.4 Å². The highest BCUT2D eigenvalue weighted by Crippen LogP contribution is 2.38. The molecule has 1 aliphatic carbocycles. The van der Waals surface area contributed by atoms with Gasteiger partial charge in [-0.15, -0.1) is 11.8 Å². The molecule has 3 rings (SSSR count). The summed E-state index contributed by atoms with van der Waals surface area (Å²) in [4.78, 5) is 25.5. The van der Waals surface area contributed by atoms with Crippen LogP contribution in [0.2, 0.25) is 0 Å². The Bertz CT molecular complexity index is 1010. The van der Waals surface area contributed by atoms with Gasteiger partial charge in [-0.1, -0.05) is 31.2 Å². The minimum absolute atomic E-state index is 0.0127. The van der Waals surface area contributed by atoms with Crippen molar-refractivity contribution < 1.29 is 27.9 Å². The maximum atomic E-state index is 12.9. The van der Waals surface area contributed by atoms with Crippen molar-refractivity contribution in [3.63, 3.8) is 0 Å². The molecule has 7 heteroatoms. The fourth-order valence-electron chi connectivity index (χ4n) is 3.74. The molecule has 1 aliphatic rings. The summed E-state index contributed by atoms with van der Waals surface area (Å²) in [6.45, 7) is 3.39. The van der Waals surface area contributed by atoms with Gasteiger partial charge in [0.2, 0.25) is 0 Å². The van der Waals surface area contributed by atoms with Gasteiger partial charge in [0.1, 0.15) is 5.76 Å². The van der Waals surface area contributed by atoms with E-state index in [-0.39, 0.29) is 41.2 Å². The number of alkyl halides is 3. The molecule has 31 heavy (non-hydrogen) atoms. The molecule has 2 atom stereocenters. The second-order valence-corrected chi connectivity index (χ2v) is 8.92. The molecule has 0 radical (unpaired) electrons. The lowest BCUT2D eigenvalue weighted by molar-refractivity contribution is -0.137. The number of carbonyl (C=O) groups is 2. The van der Waals surface area contributed by atoms with Gasteiger partial charge < -0.3 is 5.11 Å². The molecule has 0 spiro atoms. The molecular formula is C24H23F3O3S. The Morgan fingerprint density at radius 2 is 1.77 bits per heavy atom. The number of aliphatic hydroxyl groups is 1. The van der Waals surface area contributed by atoms with Crippen molar-refractivity contribution in [1.82, 2.24) is 0 Å². The minimum atomic E-state index is -4.36. The van der Waals surface area contributed by atoms with Gasteiger partial charge in [0.05, 0.1) is 11.1 Å². The molecular weight excluding hydrogens is 425 g/mol. The predicted octanol–water partition coefficient (Wildman–Crippen LogP) is 6.58. The normalized spacial score (nSPS) is 18.2. The van der Waals surface area contributed by atoms with E-state index in [1.807, 2.05) is 6.92 Å². The van der Waals surface area contributed by atoms with Crippen molar-refractivity contribution in [2.24, 2.45) is 11.8 Å². The summed E-state index contributed by atoms with van der Waals surface area (Å²) in [6, 6.07) is 11.8. The van der Waals surface area contributed by atoms with Crippen LogP contribution in [0.5, 0.6) is 0 Å². The van der Waals surface area contributed by atoms with E-state index in [9.17, 15) is 27.9 Å². The first kappa shape index (κ1) is 23.1. The van der Waals surface area contributed by atoms with Crippen LogP contribution in [0.3, 0.4) is 0 Å². The lowest BCUT2D eigenvalue weighted by Gasteiger charge is -2.28. The highest BCUT2D eigenvalue weighted by Gasteiger charge is 2.33. The summed E-state index contributed by atoms with van der Waals surface area (Å²) in [5, 5.41) is 10.6. The fraction of sp³-hybridized carbons (Fsp3) is 0.333. The summed E-state index contributed by atoms with van der Waals surface area (Å²) in [5.74, 6) is 0.198. The van der Waals surface area contributed by atoms with E-state index in [1.165, 1.54) is 30.8 Å². The van der Waals surface area contributed by atoms with Gasteiger partial charge in [-0.05, 0) is 48.6 Å². The Morgan fingerprint density at radius 3 is 2.35 bits per heavy atom. The van der Waals surface area contributed by atoms with Crippen LogP contribution in [0.15, 0.2) is 59.2 Å². The van der Waals surface area contributed by atoms with E-state index >= 15 is 0 Å². The van der Waals surface area contributed by atoms with Crippen LogP contribution in [0, 0.1) is 11.8 Å². The van der Waals surface area contributed by atoms with Crippen LogP contribution < -0.4 is 0 Å². The number of ketones is 2. The molecule has 1 N–H and O–H groups in total. The largest absolute Gasteiger partial charge is 0.512 e. The van der Waals surface area contributed by atoms with E-state index in [1.54, 1.807) is 24.3 Å². The number of allylic oxidation sites excluding steroid dienone is 2. The molecule has 164 valence electrons. The van der Waals surface area contributed by atoms with Crippen molar-refractivity contribution >= 4 is 28.9 Å². The van der Waals surface area contributed by atoms with E-state index in [4.69, 9.17) is 0 Å². The zero-order chi connectivity index (χ0) is 22.8. The number of Topliss-reactive ketones (excluding diaryl/α,β-unsaturated/α-hetero) is 2. The molecule has 2 aromatic rings. The minimum Gasteiger partial charge on any atom is -0.512 e. The van der Waals surface area contributed by atoms with Crippen LogP contribution in [0.1, 0.15) is 48.2 Å². The Balaban J connectivity index is 1.69. The fourth-order valence-corrected chi connectivity index (χ4v) is 4.80. The highest BCUT2D eigenvalue weighted by molar-refractivity contribution is 7.99. The van der Waals surface area contributed by atoms with E-state index in [2.05, 4.69) is 0 Å². The highest BCUT2D eigenvalue weighted by atomic mass is 32.2. The second-order valence-electron chi connectivity index (χ2n) is 7.83. The number of halogens is 3. The molecule has 0 amide bonds. The standard InChI is InChI=1S/C24H23F3O3S/c1-14(13-31-18-9-7-17(8-10-18)24(25,26)27)16-11-21(29)23(22(30)12-16)20-6-4-3-5-19(20)15(2)28/h3-10,14,16,29H,11-13H2,1-2H3. The Hall–Kier alpha value is -2.54. The van der Waals surface area contributed by atoms with Gasteiger partial charge in [-0.25, -0.2) is 0 Å².